The highest BCUT2D eigenvalue weighted by molar-refractivity contribution is 9.10. The van der Waals surface area contributed by atoms with E-state index in [9.17, 15) is 9.59 Å². The maximum atomic E-state index is 12.6. The van der Waals surface area contributed by atoms with Crippen molar-refractivity contribution in [1.82, 2.24) is 0 Å². The van der Waals surface area contributed by atoms with Crippen molar-refractivity contribution in [3.63, 3.8) is 0 Å². The van der Waals surface area contributed by atoms with Crippen molar-refractivity contribution in [3.05, 3.63) is 87.6 Å². The maximum absolute atomic E-state index is 12.6. The lowest BCUT2D eigenvalue weighted by atomic mass is 10.1. The number of rotatable bonds is 3. The van der Waals surface area contributed by atoms with E-state index in [4.69, 9.17) is 18.9 Å². The summed E-state index contributed by atoms with van der Waals surface area (Å²) in [4.78, 5) is 25.1. The molecule has 0 atom stereocenters. The molecule has 0 amide bonds. The van der Waals surface area contributed by atoms with E-state index < -0.39 is 5.97 Å². The Balaban J connectivity index is 1.37. The summed E-state index contributed by atoms with van der Waals surface area (Å²) in [6.45, 7) is 0.124. The van der Waals surface area contributed by atoms with Crippen LogP contribution >= 0.6 is 15.9 Å². The standard InChI is InChI=1S/C23H13BrO6/c24-17-4-2-1-3-13(17)9-21-22(25)16-7-6-15(11-19(16)30-21)29-23(26)14-5-8-18-20(10-14)28-12-27-18/h1-11H,12H2/b21-9-. The Kier molecular flexibility index (Phi) is 4.52. The molecular formula is C23H13BrO6. The molecule has 30 heavy (non-hydrogen) atoms. The van der Waals surface area contributed by atoms with E-state index in [-0.39, 0.29) is 24.1 Å². The molecule has 0 radical (unpaired) electrons. The van der Waals surface area contributed by atoms with Crippen LogP contribution in [0.25, 0.3) is 6.08 Å². The minimum absolute atomic E-state index is 0.124. The molecule has 0 N–H and O–H groups in total. The van der Waals surface area contributed by atoms with Gasteiger partial charge in [-0.25, -0.2) is 4.79 Å². The van der Waals surface area contributed by atoms with E-state index in [1.54, 1.807) is 36.4 Å². The summed E-state index contributed by atoms with van der Waals surface area (Å²) in [5, 5.41) is 0. The third kappa shape index (κ3) is 3.33. The van der Waals surface area contributed by atoms with Crippen molar-refractivity contribution in [2.75, 3.05) is 6.79 Å². The zero-order valence-corrected chi connectivity index (χ0v) is 17.0. The van der Waals surface area contributed by atoms with E-state index in [0.717, 1.165) is 10.0 Å². The first-order chi connectivity index (χ1) is 14.6. The number of halogens is 1. The van der Waals surface area contributed by atoms with Crippen molar-refractivity contribution in [2.24, 2.45) is 0 Å². The van der Waals surface area contributed by atoms with Crippen LogP contribution in [0.2, 0.25) is 0 Å². The highest BCUT2D eigenvalue weighted by Crippen LogP contribution is 2.36. The fraction of sp³-hybridized carbons (Fsp3) is 0.0435. The molecule has 2 heterocycles. The molecule has 0 bridgehead atoms. The fourth-order valence-electron chi connectivity index (χ4n) is 3.15. The number of carbonyl (C=O) groups excluding carboxylic acids is 2. The van der Waals surface area contributed by atoms with Crippen molar-refractivity contribution < 1.29 is 28.5 Å². The van der Waals surface area contributed by atoms with E-state index in [1.165, 1.54) is 6.07 Å². The summed E-state index contributed by atoms with van der Waals surface area (Å²) in [7, 11) is 0. The fourth-order valence-corrected chi connectivity index (χ4v) is 3.55. The van der Waals surface area contributed by atoms with Crippen LogP contribution in [0.15, 0.2) is 70.9 Å². The third-order valence-corrected chi connectivity index (χ3v) is 5.37. The predicted molar refractivity (Wildman–Crippen MR) is 111 cm³/mol. The monoisotopic (exact) mass is 464 g/mol. The van der Waals surface area contributed by atoms with Gasteiger partial charge in [0.2, 0.25) is 12.6 Å². The van der Waals surface area contributed by atoms with Crippen LogP contribution in [-0.2, 0) is 0 Å². The molecule has 0 aromatic heterocycles. The molecule has 0 saturated heterocycles. The first-order valence-electron chi connectivity index (χ1n) is 9.03. The molecule has 6 nitrogen and oxygen atoms in total. The van der Waals surface area contributed by atoms with Gasteiger partial charge in [-0.05, 0) is 48.0 Å². The molecule has 3 aromatic carbocycles. The molecule has 0 aliphatic carbocycles. The molecule has 0 fully saturated rings. The number of hydrogen-bond acceptors (Lipinski definition) is 6. The summed E-state index contributed by atoms with van der Waals surface area (Å²) < 4.78 is 22.5. The summed E-state index contributed by atoms with van der Waals surface area (Å²) in [5.41, 5.74) is 1.56. The Morgan fingerprint density at radius 2 is 1.80 bits per heavy atom. The van der Waals surface area contributed by atoms with Gasteiger partial charge >= 0.3 is 5.97 Å². The second-order valence-electron chi connectivity index (χ2n) is 6.58. The lowest BCUT2D eigenvalue weighted by Crippen LogP contribution is -2.08. The molecule has 5 rings (SSSR count). The van der Waals surface area contributed by atoms with Gasteiger partial charge in [0.15, 0.2) is 17.3 Å². The number of fused-ring (bicyclic) bond motifs is 2. The van der Waals surface area contributed by atoms with Gasteiger partial charge in [-0.15, -0.1) is 0 Å². The van der Waals surface area contributed by atoms with E-state index >= 15 is 0 Å². The number of Topliss-reactive ketones (excluding diaryl/α,β-unsaturated/α-hetero) is 1. The number of carbonyl (C=O) groups is 2. The molecule has 0 unspecified atom stereocenters. The maximum Gasteiger partial charge on any atom is 0.343 e. The average Bonchev–Trinajstić information content (AvgIpc) is 3.33. The number of esters is 1. The van der Waals surface area contributed by atoms with Crippen molar-refractivity contribution in [2.45, 2.75) is 0 Å². The Bertz CT molecular complexity index is 1230. The highest BCUT2D eigenvalue weighted by Gasteiger charge is 2.28. The molecule has 0 spiro atoms. The van der Waals surface area contributed by atoms with Gasteiger partial charge in [-0.1, -0.05) is 34.1 Å². The number of ketones is 1. The zero-order valence-electron chi connectivity index (χ0n) is 15.4. The van der Waals surface area contributed by atoms with Gasteiger partial charge in [-0.2, -0.15) is 0 Å². The van der Waals surface area contributed by atoms with Crippen molar-refractivity contribution in [3.8, 4) is 23.0 Å². The highest BCUT2D eigenvalue weighted by atomic mass is 79.9. The van der Waals surface area contributed by atoms with Gasteiger partial charge in [0.05, 0.1) is 11.1 Å². The van der Waals surface area contributed by atoms with E-state index in [0.29, 0.717) is 28.4 Å². The topological polar surface area (TPSA) is 71.1 Å². The Labute approximate surface area is 179 Å². The number of ether oxygens (including phenoxy) is 4. The van der Waals surface area contributed by atoms with Gasteiger partial charge in [0, 0.05) is 10.5 Å². The average molecular weight is 465 g/mol. The summed E-state index contributed by atoms with van der Waals surface area (Å²) in [6, 6.07) is 17.0. The van der Waals surface area contributed by atoms with Gasteiger partial charge in [0.25, 0.3) is 0 Å². The largest absolute Gasteiger partial charge is 0.454 e. The molecule has 148 valence electrons. The van der Waals surface area contributed by atoms with Crippen LogP contribution in [0.5, 0.6) is 23.0 Å². The molecule has 2 aliphatic heterocycles. The molecule has 2 aliphatic rings. The minimum atomic E-state index is -0.554. The van der Waals surface area contributed by atoms with Crippen LogP contribution < -0.4 is 18.9 Å². The smallest absolute Gasteiger partial charge is 0.343 e. The van der Waals surface area contributed by atoms with Crippen LogP contribution in [0.3, 0.4) is 0 Å². The third-order valence-electron chi connectivity index (χ3n) is 4.65. The van der Waals surface area contributed by atoms with E-state index in [1.807, 2.05) is 24.3 Å². The number of hydrogen-bond donors (Lipinski definition) is 0. The molecule has 3 aromatic rings. The van der Waals surface area contributed by atoms with Crippen LogP contribution in [0, 0.1) is 0 Å². The molecule has 0 saturated carbocycles. The van der Waals surface area contributed by atoms with Crippen molar-refractivity contribution >= 4 is 33.8 Å². The normalized spacial score (nSPS) is 15.1. The van der Waals surface area contributed by atoms with E-state index in [2.05, 4.69) is 15.9 Å². The number of allylic oxidation sites excluding steroid dienone is 1. The summed E-state index contributed by atoms with van der Waals surface area (Å²) in [5.74, 6) is 1.11. The SMILES string of the molecule is O=C(Oc1ccc2c(c1)O/C(=C\c1ccccc1Br)C2=O)c1ccc2c(c1)OCO2. The molecular weight excluding hydrogens is 452 g/mol. The minimum Gasteiger partial charge on any atom is -0.454 e. The summed E-state index contributed by atoms with van der Waals surface area (Å²) in [6.07, 6.45) is 1.67. The zero-order chi connectivity index (χ0) is 20.7. The quantitative estimate of drug-likeness (QED) is 0.308. The second kappa shape index (κ2) is 7.35. The lowest BCUT2D eigenvalue weighted by Gasteiger charge is -2.06. The van der Waals surface area contributed by atoms with Crippen LogP contribution in [0.1, 0.15) is 26.3 Å². The Morgan fingerprint density at radius 1 is 0.967 bits per heavy atom. The van der Waals surface area contributed by atoms with Crippen molar-refractivity contribution in [1.29, 1.82) is 0 Å². The summed E-state index contributed by atoms with van der Waals surface area (Å²) >= 11 is 3.45. The molecule has 7 heteroatoms. The van der Waals surface area contributed by atoms with Gasteiger partial charge in [0.1, 0.15) is 11.5 Å². The van der Waals surface area contributed by atoms with Crippen LogP contribution in [-0.4, -0.2) is 18.5 Å². The predicted octanol–water partition coefficient (Wildman–Crippen LogP) is 5.01. The lowest BCUT2D eigenvalue weighted by molar-refractivity contribution is 0.0734. The van der Waals surface area contributed by atoms with Gasteiger partial charge < -0.3 is 18.9 Å². The number of benzene rings is 3. The first kappa shape index (κ1) is 18.4. The first-order valence-corrected chi connectivity index (χ1v) is 9.82. The van der Waals surface area contributed by atoms with Crippen LogP contribution in [0.4, 0.5) is 0 Å². The van der Waals surface area contributed by atoms with Gasteiger partial charge in [-0.3, -0.25) is 4.79 Å². The Hall–Kier alpha value is -3.58. The Morgan fingerprint density at radius 3 is 2.67 bits per heavy atom. The second-order valence-corrected chi connectivity index (χ2v) is 7.43.